The minimum atomic E-state index is -0.959. The zero-order chi connectivity index (χ0) is 15.1. The maximum absolute atomic E-state index is 11.5. The van der Waals surface area contributed by atoms with Gasteiger partial charge >= 0.3 is 5.97 Å². The molecule has 1 aromatic carbocycles. The second-order valence-corrected chi connectivity index (χ2v) is 6.21. The van der Waals surface area contributed by atoms with Crippen LogP contribution in [0.1, 0.15) is 40.7 Å². The lowest BCUT2D eigenvalue weighted by Gasteiger charge is -2.20. The Bertz CT molecular complexity index is 721. The molecule has 0 saturated carbocycles. The molecule has 1 aliphatic carbocycles. The number of hydrogen-bond donors (Lipinski definition) is 1. The molecular formula is C16H17ClN2O2. The van der Waals surface area contributed by atoms with Crippen LogP contribution in [0.2, 0.25) is 5.02 Å². The van der Waals surface area contributed by atoms with Crippen molar-refractivity contribution in [2.45, 2.75) is 33.1 Å². The van der Waals surface area contributed by atoms with E-state index >= 15 is 0 Å². The number of carboxylic acids is 1. The summed E-state index contributed by atoms with van der Waals surface area (Å²) >= 11 is 6.08. The predicted molar refractivity (Wildman–Crippen MR) is 81.5 cm³/mol. The van der Waals surface area contributed by atoms with E-state index in [0.717, 1.165) is 41.8 Å². The summed E-state index contributed by atoms with van der Waals surface area (Å²) in [4.78, 5) is 11.5. The molecule has 4 nitrogen and oxygen atoms in total. The zero-order valence-corrected chi connectivity index (χ0v) is 12.8. The van der Waals surface area contributed by atoms with Gasteiger partial charge in [-0.25, -0.2) is 9.48 Å². The highest BCUT2D eigenvalue weighted by Crippen LogP contribution is 2.31. The first-order chi connectivity index (χ1) is 9.97. The summed E-state index contributed by atoms with van der Waals surface area (Å²) in [7, 11) is 0. The minimum Gasteiger partial charge on any atom is -0.476 e. The lowest BCUT2D eigenvalue weighted by molar-refractivity contribution is 0.0688. The van der Waals surface area contributed by atoms with Gasteiger partial charge in [0.05, 0.1) is 5.69 Å². The normalized spacial score (nSPS) is 17.6. The Labute approximate surface area is 128 Å². The Kier molecular flexibility index (Phi) is 3.49. The van der Waals surface area contributed by atoms with E-state index < -0.39 is 5.97 Å². The first kappa shape index (κ1) is 14.1. The summed E-state index contributed by atoms with van der Waals surface area (Å²) in [5.74, 6) is -0.465. The van der Waals surface area contributed by atoms with Gasteiger partial charge in [-0.15, -0.1) is 0 Å². The van der Waals surface area contributed by atoms with E-state index in [1.165, 1.54) is 0 Å². The van der Waals surface area contributed by atoms with Crippen molar-refractivity contribution in [1.82, 2.24) is 9.78 Å². The van der Waals surface area contributed by atoms with Crippen LogP contribution in [0, 0.1) is 12.8 Å². The quantitative estimate of drug-likeness (QED) is 0.921. The number of aryl methyl sites for hydroxylation is 1. The second-order valence-electron chi connectivity index (χ2n) is 5.77. The van der Waals surface area contributed by atoms with Gasteiger partial charge in [-0.3, -0.25) is 0 Å². The number of nitrogens with zero attached hydrogens (tertiary/aromatic N) is 2. The molecule has 1 atom stereocenters. The maximum atomic E-state index is 11.5. The van der Waals surface area contributed by atoms with E-state index in [2.05, 4.69) is 12.0 Å². The third-order valence-electron chi connectivity index (χ3n) is 4.12. The number of aromatic nitrogens is 2. The molecule has 1 unspecified atom stereocenters. The van der Waals surface area contributed by atoms with Gasteiger partial charge in [-0.1, -0.05) is 24.6 Å². The van der Waals surface area contributed by atoms with Crippen molar-refractivity contribution in [2.24, 2.45) is 5.92 Å². The van der Waals surface area contributed by atoms with Crippen molar-refractivity contribution in [3.63, 3.8) is 0 Å². The van der Waals surface area contributed by atoms with Crippen LogP contribution in [0.5, 0.6) is 0 Å². The number of halogens is 1. The predicted octanol–water partition coefficient (Wildman–Crippen LogP) is 3.66. The number of rotatable bonds is 2. The van der Waals surface area contributed by atoms with E-state index in [1.807, 2.05) is 25.1 Å². The Balaban J connectivity index is 2.22. The fourth-order valence-electron chi connectivity index (χ4n) is 2.97. The second kappa shape index (κ2) is 5.19. The van der Waals surface area contributed by atoms with Gasteiger partial charge in [0, 0.05) is 16.3 Å². The number of carbonyl (C=O) groups is 1. The third-order valence-corrected chi connectivity index (χ3v) is 4.35. The van der Waals surface area contributed by atoms with Crippen LogP contribution in [0.4, 0.5) is 0 Å². The Morgan fingerprint density at radius 1 is 1.48 bits per heavy atom. The number of benzene rings is 1. The lowest BCUT2D eigenvalue weighted by Crippen LogP contribution is -2.15. The molecule has 3 rings (SSSR count). The summed E-state index contributed by atoms with van der Waals surface area (Å²) in [6.07, 6.45) is 2.68. The number of carboxylic acid groups (broad SMARTS) is 1. The van der Waals surface area contributed by atoms with Crippen molar-refractivity contribution < 1.29 is 9.90 Å². The average Bonchev–Trinajstić information content (AvgIpc) is 2.80. The summed E-state index contributed by atoms with van der Waals surface area (Å²) in [6, 6.07) is 5.60. The van der Waals surface area contributed by atoms with E-state index in [-0.39, 0.29) is 5.69 Å². The molecule has 21 heavy (non-hydrogen) atoms. The van der Waals surface area contributed by atoms with Gasteiger partial charge < -0.3 is 5.11 Å². The highest BCUT2D eigenvalue weighted by molar-refractivity contribution is 6.30. The maximum Gasteiger partial charge on any atom is 0.356 e. The first-order valence-corrected chi connectivity index (χ1v) is 7.45. The Morgan fingerprint density at radius 2 is 2.24 bits per heavy atom. The monoisotopic (exact) mass is 304 g/mol. The van der Waals surface area contributed by atoms with E-state index in [4.69, 9.17) is 11.6 Å². The molecule has 1 aliphatic rings. The van der Waals surface area contributed by atoms with Crippen LogP contribution in [0.15, 0.2) is 18.2 Å². The van der Waals surface area contributed by atoms with Crippen LogP contribution >= 0.6 is 11.6 Å². The Morgan fingerprint density at radius 3 is 2.95 bits per heavy atom. The highest BCUT2D eigenvalue weighted by Gasteiger charge is 2.28. The van der Waals surface area contributed by atoms with E-state index in [0.29, 0.717) is 10.9 Å². The number of hydrogen-bond acceptors (Lipinski definition) is 2. The van der Waals surface area contributed by atoms with Gasteiger partial charge in [0.2, 0.25) is 0 Å². The molecule has 110 valence electrons. The molecule has 2 aromatic rings. The van der Waals surface area contributed by atoms with Crippen molar-refractivity contribution in [3.05, 3.63) is 45.7 Å². The zero-order valence-electron chi connectivity index (χ0n) is 12.1. The van der Waals surface area contributed by atoms with Crippen LogP contribution in [0.3, 0.4) is 0 Å². The van der Waals surface area contributed by atoms with Crippen molar-refractivity contribution in [2.75, 3.05) is 0 Å². The summed E-state index contributed by atoms with van der Waals surface area (Å²) in [5, 5.41) is 14.4. The molecule has 0 saturated heterocycles. The fourth-order valence-corrected chi connectivity index (χ4v) is 3.14. The van der Waals surface area contributed by atoms with E-state index in [1.54, 1.807) is 4.68 Å². The third kappa shape index (κ3) is 2.44. The van der Waals surface area contributed by atoms with Crippen molar-refractivity contribution in [1.29, 1.82) is 0 Å². The van der Waals surface area contributed by atoms with Gasteiger partial charge in [-0.05, 0) is 49.8 Å². The molecule has 1 heterocycles. The van der Waals surface area contributed by atoms with Gasteiger partial charge in [0.15, 0.2) is 5.69 Å². The van der Waals surface area contributed by atoms with Gasteiger partial charge in [0.1, 0.15) is 0 Å². The molecule has 1 N–H and O–H groups in total. The summed E-state index contributed by atoms with van der Waals surface area (Å²) in [5.41, 5.74) is 3.95. The summed E-state index contributed by atoms with van der Waals surface area (Å²) < 4.78 is 1.77. The largest absolute Gasteiger partial charge is 0.476 e. The number of aromatic carboxylic acids is 1. The number of fused-ring (bicyclic) bond motifs is 1. The van der Waals surface area contributed by atoms with Gasteiger partial charge in [0.25, 0.3) is 0 Å². The van der Waals surface area contributed by atoms with Crippen LogP contribution in [0.25, 0.3) is 5.69 Å². The molecule has 5 heteroatoms. The fraction of sp³-hybridized carbons (Fsp3) is 0.375. The van der Waals surface area contributed by atoms with Gasteiger partial charge in [-0.2, -0.15) is 5.10 Å². The minimum absolute atomic E-state index is 0.177. The van der Waals surface area contributed by atoms with E-state index in [9.17, 15) is 9.90 Å². The first-order valence-electron chi connectivity index (χ1n) is 7.08. The Hall–Kier alpha value is -1.81. The molecule has 1 aromatic heterocycles. The van der Waals surface area contributed by atoms with Crippen molar-refractivity contribution >= 4 is 17.6 Å². The van der Waals surface area contributed by atoms with Crippen LogP contribution < -0.4 is 0 Å². The standard InChI is InChI=1S/C16H17ClN2O2/c1-9-3-6-13-12(7-9)15(16(20)21)18-19(13)14-8-11(17)5-4-10(14)2/h4-5,8-9H,3,6-7H2,1-2H3,(H,20,21). The van der Waals surface area contributed by atoms with Crippen LogP contribution in [-0.2, 0) is 12.8 Å². The summed E-state index contributed by atoms with van der Waals surface area (Å²) in [6.45, 7) is 4.13. The molecule has 0 spiro atoms. The molecule has 0 aliphatic heterocycles. The molecular weight excluding hydrogens is 288 g/mol. The SMILES string of the molecule is Cc1ccc(Cl)cc1-n1nc(C(=O)O)c2c1CCC(C)C2. The topological polar surface area (TPSA) is 55.1 Å². The van der Waals surface area contributed by atoms with Crippen LogP contribution in [-0.4, -0.2) is 20.9 Å². The molecule has 0 radical (unpaired) electrons. The lowest BCUT2D eigenvalue weighted by atomic mass is 9.87. The highest BCUT2D eigenvalue weighted by atomic mass is 35.5. The molecule has 0 amide bonds. The average molecular weight is 305 g/mol. The smallest absolute Gasteiger partial charge is 0.356 e. The van der Waals surface area contributed by atoms with Crippen molar-refractivity contribution in [3.8, 4) is 5.69 Å². The molecule has 0 bridgehead atoms. The molecule has 0 fully saturated rings.